The molecule has 3 rings (SSSR count). The summed E-state index contributed by atoms with van der Waals surface area (Å²) in [5.41, 5.74) is 0.790. The van der Waals surface area contributed by atoms with Crippen LogP contribution in [-0.4, -0.2) is 46.5 Å². The van der Waals surface area contributed by atoms with E-state index in [1.54, 1.807) is 18.3 Å². The number of carbonyl (C=O) groups is 2. The van der Waals surface area contributed by atoms with Crippen molar-refractivity contribution in [3.8, 4) is 0 Å². The molecule has 7 heteroatoms. The predicted molar refractivity (Wildman–Crippen MR) is 104 cm³/mol. The van der Waals surface area contributed by atoms with Crippen LogP contribution < -0.4 is 5.32 Å². The summed E-state index contributed by atoms with van der Waals surface area (Å²) in [5.74, 6) is -1.25. The molecular formula is C21H27N3O4. The molecule has 0 spiro atoms. The number of ether oxygens (including phenoxy) is 1. The molecular weight excluding hydrogens is 358 g/mol. The van der Waals surface area contributed by atoms with E-state index in [0.29, 0.717) is 30.8 Å². The van der Waals surface area contributed by atoms with Gasteiger partial charge in [0.25, 0.3) is 5.91 Å². The normalized spacial score (nSPS) is 17.1. The lowest BCUT2D eigenvalue weighted by Gasteiger charge is -2.29. The second kappa shape index (κ2) is 8.56. The van der Waals surface area contributed by atoms with Crippen molar-refractivity contribution in [2.24, 2.45) is 0 Å². The molecule has 1 saturated heterocycles. The summed E-state index contributed by atoms with van der Waals surface area (Å²) in [5, 5.41) is 17.1. The average Bonchev–Trinajstić information content (AvgIpc) is 3.11. The molecule has 150 valence electrons. The van der Waals surface area contributed by atoms with Crippen molar-refractivity contribution in [1.82, 2.24) is 15.1 Å². The van der Waals surface area contributed by atoms with E-state index < -0.39 is 11.4 Å². The van der Waals surface area contributed by atoms with Crippen LogP contribution in [0.1, 0.15) is 53.8 Å². The number of carbonyl (C=O) groups excluding carboxylic acids is 1. The Morgan fingerprint density at radius 3 is 2.57 bits per heavy atom. The Morgan fingerprint density at radius 1 is 1.29 bits per heavy atom. The van der Waals surface area contributed by atoms with Crippen molar-refractivity contribution >= 4 is 11.9 Å². The smallest absolute Gasteiger partial charge is 0.315 e. The molecule has 0 radical (unpaired) electrons. The number of hydrogen-bond donors (Lipinski definition) is 2. The molecule has 1 aromatic heterocycles. The second-order valence-corrected chi connectivity index (χ2v) is 7.22. The minimum atomic E-state index is -1.17. The van der Waals surface area contributed by atoms with Crippen LogP contribution in [0.5, 0.6) is 0 Å². The van der Waals surface area contributed by atoms with Crippen LogP contribution in [0.4, 0.5) is 0 Å². The Kier molecular flexibility index (Phi) is 6.14. The topological polar surface area (TPSA) is 93.5 Å². The number of benzene rings is 1. The van der Waals surface area contributed by atoms with E-state index in [1.165, 1.54) is 0 Å². The number of hydrogen-bond acceptors (Lipinski definition) is 4. The molecule has 1 aromatic carbocycles. The zero-order valence-electron chi connectivity index (χ0n) is 16.4. The Balaban J connectivity index is 1.77. The first-order valence-corrected chi connectivity index (χ1v) is 9.68. The molecule has 2 aromatic rings. The molecule has 2 N–H and O–H groups in total. The number of nitrogens with one attached hydrogen (secondary N) is 1. The highest BCUT2D eigenvalue weighted by Gasteiger charge is 2.39. The van der Waals surface area contributed by atoms with Gasteiger partial charge in [0.2, 0.25) is 0 Å². The van der Waals surface area contributed by atoms with Crippen molar-refractivity contribution in [2.75, 3.05) is 19.8 Å². The zero-order chi connectivity index (χ0) is 20.1. The molecule has 1 aliphatic heterocycles. The van der Waals surface area contributed by atoms with E-state index in [4.69, 9.17) is 4.74 Å². The Bertz CT molecular complexity index is 827. The van der Waals surface area contributed by atoms with Crippen LogP contribution in [0.2, 0.25) is 0 Å². The third-order valence-corrected chi connectivity index (χ3v) is 5.72. The Morgan fingerprint density at radius 2 is 1.96 bits per heavy atom. The van der Waals surface area contributed by atoms with Gasteiger partial charge in [-0.1, -0.05) is 37.3 Å². The molecule has 0 aliphatic carbocycles. The van der Waals surface area contributed by atoms with Gasteiger partial charge in [0.05, 0.1) is 17.8 Å². The molecule has 1 fully saturated rings. The van der Waals surface area contributed by atoms with E-state index in [0.717, 1.165) is 18.5 Å². The van der Waals surface area contributed by atoms with Gasteiger partial charge in [-0.05, 0) is 31.7 Å². The maximum atomic E-state index is 12.8. The molecule has 1 unspecified atom stereocenters. The van der Waals surface area contributed by atoms with Crippen LogP contribution in [0.3, 0.4) is 0 Å². The van der Waals surface area contributed by atoms with Crippen LogP contribution in [0, 0.1) is 6.92 Å². The maximum Gasteiger partial charge on any atom is 0.315 e. The van der Waals surface area contributed by atoms with E-state index >= 15 is 0 Å². The fourth-order valence-corrected chi connectivity index (χ4v) is 3.81. The lowest BCUT2D eigenvalue weighted by atomic mass is 9.78. The summed E-state index contributed by atoms with van der Waals surface area (Å²) >= 11 is 0. The van der Waals surface area contributed by atoms with Gasteiger partial charge in [-0.3, -0.25) is 14.3 Å². The standard InChI is InChI=1S/C21H27N3O4/c1-3-21(20(26)27,16-7-5-4-6-8-16)14-22-19(25)18-13-23-24(15(18)2)17-9-11-28-12-10-17/h4-8,13,17H,3,9-12,14H2,1-2H3,(H,22,25)(H,26,27). The van der Waals surface area contributed by atoms with Crippen LogP contribution >= 0.6 is 0 Å². The summed E-state index contributed by atoms with van der Waals surface area (Å²) < 4.78 is 7.28. The molecule has 7 nitrogen and oxygen atoms in total. The number of nitrogens with zero attached hydrogens (tertiary/aromatic N) is 2. The first-order valence-electron chi connectivity index (χ1n) is 9.68. The summed E-state index contributed by atoms with van der Waals surface area (Å²) in [6.45, 7) is 5.10. The highest BCUT2D eigenvalue weighted by Crippen LogP contribution is 2.28. The molecule has 1 aliphatic rings. The van der Waals surface area contributed by atoms with Gasteiger partial charge >= 0.3 is 5.97 Å². The van der Waals surface area contributed by atoms with Gasteiger partial charge in [0.15, 0.2) is 0 Å². The van der Waals surface area contributed by atoms with Crippen molar-refractivity contribution in [3.63, 3.8) is 0 Å². The van der Waals surface area contributed by atoms with Gasteiger partial charge in [-0.15, -0.1) is 0 Å². The largest absolute Gasteiger partial charge is 0.481 e. The number of carboxylic acid groups (broad SMARTS) is 1. The van der Waals surface area contributed by atoms with Crippen LogP contribution in [-0.2, 0) is 14.9 Å². The number of carboxylic acids is 1. The molecule has 1 amide bonds. The molecule has 1 atom stereocenters. The average molecular weight is 385 g/mol. The number of aliphatic carboxylic acids is 1. The molecule has 0 saturated carbocycles. The van der Waals surface area contributed by atoms with Crippen molar-refractivity contribution < 1.29 is 19.4 Å². The summed E-state index contributed by atoms with van der Waals surface area (Å²) in [6.07, 6.45) is 3.68. The monoisotopic (exact) mass is 385 g/mol. The fraction of sp³-hybridized carbons (Fsp3) is 0.476. The SMILES string of the molecule is CCC(CNC(=O)c1cnn(C2CCOCC2)c1C)(C(=O)O)c1ccccc1. The lowest BCUT2D eigenvalue weighted by Crippen LogP contribution is -2.46. The third kappa shape index (κ3) is 3.80. The summed E-state index contributed by atoms with van der Waals surface area (Å²) in [6, 6.07) is 9.28. The van der Waals surface area contributed by atoms with Crippen molar-refractivity contribution in [1.29, 1.82) is 0 Å². The predicted octanol–water partition coefficient (Wildman–Crippen LogP) is 2.71. The van der Waals surface area contributed by atoms with E-state index in [2.05, 4.69) is 10.4 Å². The number of aromatic nitrogens is 2. The van der Waals surface area contributed by atoms with Crippen molar-refractivity contribution in [2.45, 2.75) is 44.6 Å². The van der Waals surface area contributed by atoms with E-state index in [-0.39, 0.29) is 18.5 Å². The van der Waals surface area contributed by atoms with Gasteiger partial charge in [-0.2, -0.15) is 5.10 Å². The van der Waals surface area contributed by atoms with E-state index in [1.807, 2.05) is 36.7 Å². The molecule has 0 bridgehead atoms. The first-order chi connectivity index (χ1) is 13.5. The number of rotatable bonds is 7. The fourth-order valence-electron chi connectivity index (χ4n) is 3.81. The summed E-state index contributed by atoms with van der Waals surface area (Å²) in [7, 11) is 0. The van der Waals surface area contributed by atoms with Gasteiger partial charge in [0.1, 0.15) is 5.41 Å². The lowest BCUT2D eigenvalue weighted by molar-refractivity contribution is -0.143. The number of amides is 1. The van der Waals surface area contributed by atoms with Crippen molar-refractivity contribution in [3.05, 3.63) is 53.3 Å². The second-order valence-electron chi connectivity index (χ2n) is 7.22. The summed E-state index contributed by atoms with van der Waals surface area (Å²) in [4.78, 5) is 24.9. The van der Waals surface area contributed by atoms with Gasteiger partial charge < -0.3 is 15.2 Å². The van der Waals surface area contributed by atoms with Gasteiger partial charge in [-0.25, -0.2) is 0 Å². The quantitative estimate of drug-likeness (QED) is 0.764. The van der Waals surface area contributed by atoms with Crippen LogP contribution in [0.15, 0.2) is 36.5 Å². The molecule has 28 heavy (non-hydrogen) atoms. The highest BCUT2D eigenvalue weighted by molar-refractivity contribution is 5.95. The first kappa shape index (κ1) is 20.1. The molecule has 2 heterocycles. The highest BCUT2D eigenvalue weighted by atomic mass is 16.5. The van der Waals surface area contributed by atoms with Gasteiger partial charge in [0, 0.05) is 25.5 Å². The third-order valence-electron chi connectivity index (χ3n) is 5.72. The zero-order valence-corrected chi connectivity index (χ0v) is 16.4. The minimum Gasteiger partial charge on any atom is -0.481 e. The Labute approximate surface area is 164 Å². The van der Waals surface area contributed by atoms with E-state index in [9.17, 15) is 14.7 Å². The minimum absolute atomic E-state index is 0.0174. The Hall–Kier alpha value is -2.67. The van der Waals surface area contributed by atoms with Crippen LogP contribution in [0.25, 0.3) is 0 Å². The maximum absolute atomic E-state index is 12.8.